The summed E-state index contributed by atoms with van der Waals surface area (Å²) in [5.41, 5.74) is -1.49. The Labute approximate surface area is 188 Å². The van der Waals surface area contributed by atoms with Gasteiger partial charge in [0.15, 0.2) is 11.5 Å². The number of carbonyl (C=O) groups is 2. The van der Waals surface area contributed by atoms with Crippen molar-refractivity contribution in [2.24, 2.45) is 13.0 Å². The molecule has 0 N–H and O–H groups in total. The highest BCUT2D eigenvalue weighted by atomic mass is 32.1. The first kappa shape index (κ1) is 22.7. The third-order valence-corrected chi connectivity index (χ3v) is 7.43. The molecule has 2 aliphatic rings. The Hall–Kier alpha value is -2.52. The Morgan fingerprint density at radius 2 is 1.91 bits per heavy atom. The highest BCUT2D eigenvalue weighted by Crippen LogP contribution is 2.38. The summed E-state index contributed by atoms with van der Waals surface area (Å²) in [6.07, 6.45) is 5.06. The number of aryl methyl sites for hydroxylation is 1. The molecule has 170 valence electrons. The van der Waals surface area contributed by atoms with Crippen LogP contribution in [0.3, 0.4) is 0 Å². The SMILES string of the molecule is CC(=O)C1CCN(C2(C(=O)c3ccc(-c4cc(C(F)(F)F)nn4C)s3)C=CC=CC2)CC1. The standard InChI is InChI=1S/C23H24F3N3O2S/c1-15(30)16-8-12-29(13-9-16)22(10-4-3-5-11-22)21(31)19-7-6-18(32-19)17-14-20(23(24,25)26)27-28(17)2/h3-7,10,14,16H,8-9,11-13H2,1-2H3. The minimum Gasteiger partial charge on any atom is -0.300 e. The molecule has 5 nitrogen and oxygen atoms in total. The number of alkyl halides is 3. The average molecular weight is 464 g/mol. The number of aromatic nitrogens is 2. The van der Waals surface area contributed by atoms with Gasteiger partial charge in [0.2, 0.25) is 0 Å². The Morgan fingerprint density at radius 3 is 2.47 bits per heavy atom. The van der Waals surface area contributed by atoms with E-state index in [1.165, 1.54) is 23.1 Å². The molecule has 32 heavy (non-hydrogen) atoms. The summed E-state index contributed by atoms with van der Waals surface area (Å²) in [5, 5.41) is 3.57. The number of carbonyl (C=O) groups excluding carboxylic acids is 2. The number of hydrogen-bond donors (Lipinski definition) is 0. The molecule has 1 atom stereocenters. The summed E-state index contributed by atoms with van der Waals surface area (Å²) in [5.74, 6) is 0.137. The minimum atomic E-state index is -4.53. The molecule has 1 aliphatic heterocycles. The Kier molecular flexibility index (Phi) is 5.98. The van der Waals surface area contributed by atoms with Crippen LogP contribution in [0.1, 0.15) is 41.6 Å². The molecule has 4 rings (SSSR count). The molecule has 0 radical (unpaired) electrons. The van der Waals surface area contributed by atoms with E-state index in [0.717, 1.165) is 6.07 Å². The highest BCUT2D eigenvalue weighted by Gasteiger charge is 2.44. The van der Waals surface area contributed by atoms with Crippen LogP contribution in [0.4, 0.5) is 13.2 Å². The number of piperidine rings is 1. The van der Waals surface area contributed by atoms with Gasteiger partial charge in [-0.25, -0.2) is 0 Å². The smallest absolute Gasteiger partial charge is 0.300 e. The number of rotatable bonds is 5. The van der Waals surface area contributed by atoms with Crippen LogP contribution >= 0.6 is 11.3 Å². The predicted molar refractivity (Wildman–Crippen MR) is 116 cm³/mol. The number of halogens is 3. The van der Waals surface area contributed by atoms with E-state index in [4.69, 9.17) is 0 Å². The van der Waals surface area contributed by atoms with Crippen molar-refractivity contribution in [1.29, 1.82) is 0 Å². The van der Waals surface area contributed by atoms with E-state index in [9.17, 15) is 22.8 Å². The molecule has 0 aromatic carbocycles. The van der Waals surface area contributed by atoms with Crippen LogP contribution in [-0.4, -0.2) is 44.9 Å². The van der Waals surface area contributed by atoms with Gasteiger partial charge in [0.05, 0.1) is 15.4 Å². The van der Waals surface area contributed by atoms with Crippen molar-refractivity contribution >= 4 is 22.9 Å². The summed E-state index contributed by atoms with van der Waals surface area (Å²) in [6, 6.07) is 4.36. The average Bonchev–Trinajstić information content (AvgIpc) is 3.40. The summed E-state index contributed by atoms with van der Waals surface area (Å²) in [6.45, 7) is 2.90. The molecule has 1 saturated heterocycles. The lowest BCUT2D eigenvalue weighted by Crippen LogP contribution is -2.56. The maximum absolute atomic E-state index is 13.7. The van der Waals surface area contributed by atoms with E-state index in [-0.39, 0.29) is 17.5 Å². The minimum absolute atomic E-state index is 0.0301. The lowest BCUT2D eigenvalue weighted by Gasteiger charge is -2.44. The van der Waals surface area contributed by atoms with E-state index in [1.54, 1.807) is 19.1 Å². The molecule has 0 bridgehead atoms. The summed E-state index contributed by atoms with van der Waals surface area (Å²) in [4.78, 5) is 28.7. The number of hydrogen-bond acceptors (Lipinski definition) is 5. The van der Waals surface area contributed by atoms with Gasteiger partial charge in [-0.15, -0.1) is 11.3 Å². The topological polar surface area (TPSA) is 55.2 Å². The number of ketones is 2. The maximum Gasteiger partial charge on any atom is 0.435 e. The van der Waals surface area contributed by atoms with Crippen LogP contribution in [0, 0.1) is 5.92 Å². The number of likely N-dealkylation sites (tertiary alicyclic amines) is 1. The third-order valence-electron chi connectivity index (χ3n) is 6.33. The van der Waals surface area contributed by atoms with Gasteiger partial charge in [-0.3, -0.25) is 19.2 Å². The first-order valence-electron chi connectivity index (χ1n) is 10.5. The summed E-state index contributed by atoms with van der Waals surface area (Å²) in [7, 11) is 1.46. The van der Waals surface area contributed by atoms with Crippen LogP contribution < -0.4 is 0 Å². The Bertz CT molecular complexity index is 1090. The van der Waals surface area contributed by atoms with E-state index in [2.05, 4.69) is 10.00 Å². The van der Waals surface area contributed by atoms with E-state index in [1.807, 2.05) is 24.3 Å². The molecule has 0 spiro atoms. The zero-order valence-corrected chi connectivity index (χ0v) is 18.7. The zero-order valence-electron chi connectivity index (χ0n) is 17.9. The monoisotopic (exact) mass is 463 g/mol. The van der Waals surface area contributed by atoms with Crippen molar-refractivity contribution in [2.75, 3.05) is 13.1 Å². The molecule has 3 heterocycles. The molecule has 2 aromatic heterocycles. The maximum atomic E-state index is 13.7. The lowest BCUT2D eigenvalue weighted by atomic mass is 9.81. The van der Waals surface area contributed by atoms with Crippen molar-refractivity contribution in [3.63, 3.8) is 0 Å². The van der Waals surface area contributed by atoms with Crippen LogP contribution in [0.15, 0.2) is 42.5 Å². The molecule has 2 aromatic rings. The molecule has 1 unspecified atom stereocenters. The van der Waals surface area contributed by atoms with Crippen LogP contribution in [0.25, 0.3) is 10.6 Å². The zero-order chi connectivity index (χ0) is 23.1. The van der Waals surface area contributed by atoms with Crippen molar-refractivity contribution in [2.45, 2.75) is 37.9 Å². The molecule has 9 heteroatoms. The van der Waals surface area contributed by atoms with Crippen LogP contribution in [-0.2, 0) is 18.0 Å². The number of nitrogens with zero attached hydrogens (tertiary/aromatic N) is 3. The highest BCUT2D eigenvalue weighted by molar-refractivity contribution is 7.17. The molecule has 0 amide bonds. The van der Waals surface area contributed by atoms with Gasteiger partial charge in [0.1, 0.15) is 11.3 Å². The number of allylic oxidation sites excluding steroid dienone is 2. The fraction of sp³-hybridized carbons (Fsp3) is 0.435. The van der Waals surface area contributed by atoms with E-state index >= 15 is 0 Å². The quantitative estimate of drug-likeness (QED) is 0.592. The fourth-order valence-corrected chi connectivity index (χ4v) is 5.56. The van der Waals surface area contributed by atoms with Gasteiger partial charge in [-0.2, -0.15) is 18.3 Å². The second-order valence-electron chi connectivity index (χ2n) is 8.32. The first-order chi connectivity index (χ1) is 15.1. The van der Waals surface area contributed by atoms with Gasteiger partial charge >= 0.3 is 6.18 Å². The third kappa shape index (κ3) is 4.11. The largest absolute Gasteiger partial charge is 0.435 e. The molecular weight excluding hydrogens is 439 g/mol. The molecular formula is C23H24F3N3O2S. The molecule has 0 saturated carbocycles. The van der Waals surface area contributed by atoms with Gasteiger partial charge in [0, 0.05) is 26.1 Å². The van der Waals surface area contributed by atoms with Gasteiger partial charge < -0.3 is 0 Å². The Morgan fingerprint density at radius 1 is 1.19 bits per heavy atom. The van der Waals surface area contributed by atoms with Crippen LogP contribution in [0.5, 0.6) is 0 Å². The Balaban J connectivity index is 1.62. The van der Waals surface area contributed by atoms with Crippen molar-refractivity contribution in [3.05, 3.63) is 53.1 Å². The van der Waals surface area contributed by atoms with Crippen molar-refractivity contribution in [3.8, 4) is 10.6 Å². The lowest BCUT2D eigenvalue weighted by molar-refractivity contribution is -0.141. The van der Waals surface area contributed by atoms with Crippen LogP contribution in [0.2, 0.25) is 0 Å². The fourth-order valence-electron chi connectivity index (χ4n) is 4.49. The van der Waals surface area contributed by atoms with Crippen molar-refractivity contribution in [1.82, 2.24) is 14.7 Å². The molecule has 1 fully saturated rings. The van der Waals surface area contributed by atoms with Crippen molar-refractivity contribution < 1.29 is 22.8 Å². The van der Waals surface area contributed by atoms with E-state index < -0.39 is 17.4 Å². The second-order valence-corrected chi connectivity index (χ2v) is 9.40. The normalized spacial score (nSPS) is 22.4. The van der Waals surface area contributed by atoms with Gasteiger partial charge in [-0.1, -0.05) is 24.3 Å². The number of thiophene rings is 1. The summed E-state index contributed by atoms with van der Waals surface area (Å²) >= 11 is 1.18. The predicted octanol–water partition coefficient (Wildman–Crippen LogP) is 4.91. The first-order valence-corrected chi connectivity index (χ1v) is 11.3. The van der Waals surface area contributed by atoms with Gasteiger partial charge in [0.25, 0.3) is 0 Å². The molecule has 1 aliphatic carbocycles. The van der Waals surface area contributed by atoms with Gasteiger partial charge in [-0.05, 0) is 44.4 Å². The second kappa shape index (κ2) is 8.44. The summed E-state index contributed by atoms with van der Waals surface area (Å²) < 4.78 is 40.3. The number of Topliss-reactive ketones (excluding diaryl/α,β-unsaturated/α-hetero) is 2. The van der Waals surface area contributed by atoms with E-state index in [0.29, 0.717) is 47.8 Å².